The van der Waals surface area contributed by atoms with Crippen LogP contribution in [0.2, 0.25) is 5.02 Å². The largest absolute Gasteiger partial charge is 0.495 e. The van der Waals surface area contributed by atoms with Crippen LogP contribution in [0.5, 0.6) is 0 Å². The van der Waals surface area contributed by atoms with Crippen molar-refractivity contribution in [3.8, 4) is 0 Å². The molecule has 0 aromatic heterocycles. The molecule has 1 unspecified atom stereocenters. The van der Waals surface area contributed by atoms with E-state index in [1.54, 1.807) is 5.32 Å². The molecule has 0 saturated heterocycles. The number of nitrogens with one attached hydrogen (secondary N) is 3. The Labute approximate surface area is 274 Å². The topological polar surface area (TPSA) is 90.5 Å². The van der Waals surface area contributed by atoms with E-state index in [1.165, 1.54) is 12.1 Å². The normalized spacial score (nSPS) is 17.5. The summed E-state index contributed by atoms with van der Waals surface area (Å²) in [4.78, 5) is 25.0. The van der Waals surface area contributed by atoms with Gasteiger partial charge < -0.3 is 21.1 Å². The van der Waals surface area contributed by atoms with Crippen molar-refractivity contribution >= 4 is 63.7 Å². The summed E-state index contributed by atoms with van der Waals surface area (Å²) in [6, 6.07) is 6.97. The average Bonchev–Trinajstić information content (AvgIpc) is 3.54. The number of aliphatic hydroxyl groups is 1. The Hall–Kier alpha value is -3.82. The Morgan fingerprint density at radius 2 is 1.55 bits per heavy atom. The summed E-state index contributed by atoms with van der Waals surface area (Å²) in [5, 5.41) is 16.7. The van der Waals surface area contributed by atoms with E-state index in [1.807, 2.05) is 0 Å². The van der Waals surface area contributed by atoms with Crippen LogP contribution in [-0.4, -0.2) is 27.4 Å². The Balaban J connectivity index is 1.54. The number of amides is 2. The molecule has 3 aromatic carbocycles. The summed E-state index contributed by atoms with van der Waals surface area (Å²) < 4.78 is 119. The second kappa shape index (κ2) is 13.0. The third-order valence-corrected chi connectivity index (χ3v) is 8.11. The number of allylic oxidation sites excluding steroid dienone is 1. The van der Waals surface area contributed by atoms with Gasteiger partial charge in [-0.05, 0) is 48.0 Å². The molecule has 1 aliphatic carbocycles. The lowest BCUT2D eigenvalue weighted by molar-refractivity contribution is -0.173. The highest BCUT2D eigenvalue weighted by Crippen LogP contribution is 2.65. The summed E-state index contributed by atoms with van der Waals surface area (Å²) in [6.45, 7) is 0.704. The average molecular weight is 735 g/mol. The second-order valence-corrected chi connectivity index (χ2v) is 12.1. The third-order valence-electron chi connectivity index (χ3n) is 6.94. The number of hydrogen-bond donors (Lipinski definition) is 4. The Morgan fingerprint density at radius 1 is 0.915 bits per heavy atom. The Morgan fingerprint density at radius 3 is 2.17 bits per heavy atom. The molecule has 3 aromatic rings. The fourth-order valence-electron chi connectivity index (χ4n) is 4.41. The fourth-order valence-corrected chi connectivity index (χ4v) is 5.37. The highest BCUT2D eigenvalue weighted by atomic mass is 35.5. The smallest absolute Gasteiger partial charge is 0.419 e. The van der Waals surface area contributed by atoms with Gasteiger partial charge >= 0.3 is 12.4 Å². The van der Waals surface area contributed by atoms with Crippen LogP contribution in [0.1, 0.15) is 40.7 Å². The SMILES string of the molecule is CC(CC(=O)Nc1c(F)ccc(NC(=O)c2cc(N/C(O)=C3/[C@H](c4ccc(F)c(C(F)(F)F)c4)C3(Cl)Cl)ccc2Cl)c1F)C(F)(F)F. The number of halogens is 12. The van der Waals surface area contributed by atoms with Gasteiger partial charge in [0, 0.05) is 17.7 Å². The minimum absolute atomic E-state index is 0.0549. The van der Waals surface area contributed by atoms with Gasteiger partial charge in [0.25, 0.3) is 5.91 Å². The van der Waals surface area contributed by atoms with E-state index in [-0.39, 0.29) is 27.4 Å². The van der Waals surface area contributed by atoms with Crippen LogP contribution < -0.4 is 16.0 Å². The summed E-state index contributed by atoms with van der Waals surface area (Å²) >= 11 is 18.5. The van der Waals surface area contributed by atoms with Crippen LogP contribution in [0.3, 0.4) is 0 Å². The van der Waals surface area contributed by atoms with Gasteiger partial charge in [0.2, 0.25) is 5.91 Å². The zero-order chi connectivity index (χ0) is 35.2. The molecular formula is C29H19Cl3F9N3O3. The predicted molar refractivity (Wildman–Crippen MR) is 156 cm³/mol. The molecule has 2 atom stereocenters. The van der Waals surface area contributed by atoms with Crippen molar-refractivity contribution in [3.05, 3.63) is 99.2 Å². The Kier molecular flexibility index (Phi) is 9.96. The van der Waals surface area contributed by atoms with E-state index in [0.29, 0.717) is 25.1 Å². The van der Waals surface area contributed by atoms with Gasteiger partial charge in [0.05, 0.1) is 33.7 Å². The molecule has 1 fully saturated rings. The van der Waals surface area contributed by atoms with Gasteiger partial charge in [0.15, 0.2) is 16.0 Å². The van der Waals surface area contributed by atoms with E-state index < -0.39 is 87.0 Å². The van der Waals surface area contributed by atoms with Crippen molar-refractivity contribution in [3.63, 3.8) is 0 Å². The maximum atomic E-state index is 15.1. The first-order valence-electron chi connectivity index (χ1n) is 13.0. The summed E-state index contributed by atoms with van der Waals surface area (Å²) in [5.74, 6) is -10.9. The Bertz CT molecular complexity index is 1780. The highest BCUT2D eigenvalue weighted by molar-refractivity contribution is 6.55. The molecule has 0 radical (unpaired) electrons. The predicted octanol–water partition coefficient (Wildman–Crippen LogP) is 9.71. The zero-order valence-electron chi connectivity index (χ0n) is 23.3. The van der Waals surface area contributed by atoms with Crippen molar-refractivity contribution in [2.75, 3.05) is 16.0 Å². The number of hydrogen-bond acceptors (Lipinski definition) is 4. The van der Waals surface area contributed by atoms with Crippen LogP contribution in [0.15, 0.2) is 60.0 Å². The van der Waals surface area contributed by atoms with Crippen LogP contribution >= 0.6 is 34.8 Å². The molecule has 1 aliphatic rings. The molecule has 1 saturated carbocycles. The number of carbonyl (C=O) groups is 2. The number of anilines is 3. The molecule has 4 N–H and O–H groups in total. The van der Waals surface area contributed by atoms with E-state index in [2.05, 4.69) is 10.6 Å². The summed E-state index contributed by atoms with van der Waals surface area (Å²) in [6.07, 6.45) is -10.9. The molecular weight excluding hydrogens is 716 g/mol. The van der Waals surface area contributed by atoms with E-state index in [0.717, 1.165) is 18.2 Å². The van der Waals surface area contributed by atoms with Crippen LogP contribution in [0.25, 0.3) is 0 Å². The van der Waals surface area contributed by atoms with Gasteiger partial charge in [-0.25, -0.2) is 13.2 Å². The number of rotatable bonds is 8. The number of alkyl halides is 8. The maximum absolute atomic E-state index is 15.1. The monoisotopic (exact) mass is 733 g/mol. The summed E-state index contributed by atoms with van der Waals surface area (Å²) in [5.41, 5.74) is -4.14. The lowest BCUT2D eigenvalue weighted by Gasteiger charge is -2.16. The van der Waals surface area contributed by atoms with E-state index >= 15 is 4.39 Å². The van der Waals surface area contributed by atoms with Gasteiger partial charge in [-0.2, -0.15) is 26.3 Å². The lowest BCUT2D eigenvalue weighted by Crippen LogP contribution is -2.26. The molecule has 6 nitrogen and oxygen atoms in total. The van der Waals surface area contributed by atoms with E-state index in [4.69, 9.17) is 34.8 Å². The molecule has 252 valence electrons. The van der Waals surface area contributed by atoms with Crippen LogP contribution in [0.4, 0.5) is 56.6 Å². The van der Waals surface area contributed by atoms with E-state index in [9.17, 15) is 49.8 Å². The van der Waals surface area contributed by atoms with Gasteiger partial charge in [0.1, 0.15) is 17.3 Å². The van der Waals surface area contributed by atoms with Crippen molar-refractivity contribution in [1.29, 1.82) is 0 Å². The first-order valence-corrected chi connectivity index (χ1v) is 14.2. The second-order valence-electron chi connectivity index (χ2n) is 10.3. The first-order chi connectivity index (χ1) is 21.6. The van der Waals surface area contributed by atoms with Crippen molar-refractivity contribution in [1.82, 2.24) is 0 Å². The van der Waals surface area contributed by atoms with Gasteiger partial charge in [-0.3, -0.25) is 9.59 Å². The maximum Gasteiger partial charge on any atom is 0.419 e. The van der Waals surface area contributed by atoms with Gasteiger partial charge in [-0.1, -0.05) is 47.8 Å². The molecule has 2 amide bonds. The molecule has 4 rings (SSSR count). The van der Waals surface area contributed by atoms with Crippen LogP contribution in [0, 0.1) is 23.4 Å². The molecule has 0 heterocycles. The number of aliphatic hydroxyl groups excluding tert-OH is 1. The third kappa shape index (κ3) is 7.84. The molecule has 0 bridgehead atoms. The number of carbonyl (C=O) groups excluding carboxylic acids is 2. The fraction of sp³-hybridized carbons (Fsp3) is 0.241. The molecule has 0 aliphatic heterocycles. The van der Waals surface area contributed by atoms with Crippen molar-refractivity contribution in [2.24, 2.45) is 5.92 Å². The quantitative estimate of drug-likeness (QED) is 0.105. The molecule has 0 spiro atoms. The minimum atomic E-state index is -5.03. The standard InChI is InChI=1S/C29H19Cl3F9N3O3/c1-11(28(36,37)38)8-20(45)44-24-18(34)6-7-19(23(24)35)43-25(46)14-10-13(3-4-16(14)30)42-26(47)22-21(27(22,31)32)12-2-5-17(33)15(9-12)29(39,40)41/h2-7,9-11,21,42,47H,8H2,1H3,(H,43,46)(H,44,45)/b26-22+/t11?,21-/m0/s1. The lowest BCUT2D eigenvalue weighted by atomic mass is 10.1. The van der Waals surface area contributed by atoms with Crippen molar-refractivity contribution < 1.29 is 54.2 Å². The van der Waals surface area contributed by atoms with Crippen molar-refractivity contribution in [2.45, 2.75) is 35.9 Å². The molecule has 18 heteroatoms. The number of benzene rings is 3. The highest BCUT2D eigenvalue weighted by Gasteiger charge is 2.62. The first kappa shape index (κ1) is 36.0. The summed E-state index contributed by atoms with van der Waals surface area (Å²) in [7, 11) is 0. The van der Waals surface area contributed by atoms with Gasteiger partial charge in [-0.15, -0.1) is 0 Å². The minimum Gasteiger partial charge on any atom is -0.495 e. The molecule has 47 heavy (non-hydrogen) atoms. The van der Waals surface area contributed by atoms with Crippen LogP contribution in [-0.2, 0) is 11.0 Å². The zero-order valence-corrected chi connectivity index (χ0v) is 25.5.